The Bertz CT molecular complexity index is 1340. The molecule has 36 heavy (non-hydrogen) atoms. The Morgan fingerprint density at radius 3 is 2.83 bits per heavy atom. The van der Waals surface area contributed by atoms with Crippen LogP contribution < -0.4 is 20.3 Å². The molecule has 0 aliphatic carbocycles. The van der Waals surface area contributed by atoms with E-state index in [0.29, 0.717) is 18.7 Å². The van der Waals surface area contributed by atoms with E-state index in [2.05, 4.69) is 34.4 Å². The third-order valence-electron chi connectivity index (χ3n) is 6.11. The minimum absolute atomic E-state index is 0.00339. The molecular formula is C26H26ClFN6O2. The largest absolute Gasteiger partial charge is 0.476 e. The Balaban J connectivity index is 1.65. The van der Waals surface area contributed by atoms with Gasteiger partial charge >= 0.3 is 0 Å². The number of amides is 1. The van der Waals surface area contributed by atoms with Crippen molar-refractivity contribution < 1.29 is 13.9 Å². The third kappa shape index (κ3) is 5.19. The van der Waals surface area contributed by atoms with Crippen LogP contribution in [0.2, 0.25) is 5.02 Å². The van der Waals surface area contributed by atoms with Crippen LogP contribution in [0.5, 0.6) is 5.75 Å². The van der Waals surface area contributed by atoms with Gasteiger partial charge in [0.25, 0.3) is 0 Å². The number of nitriles is 1. The summed E-state index contributed by atoms with van der Waals surface area (Å²) in [5, 5.41) is 15.0. The molecule has 0 radical (unpaired) electrons. The van der Waals surface area contributed by atoms with Crippen molar-refractivity contribution in [2.45, 2.75) is 39.0 Å². The highest BCUT2D eigenvalue weighted by Gasteiger charge is 2.32. The molecule has 3 aromatic rings. The van der Waals surface area contributed by atoms with Gasteiger partial charge in [-0.15, -0.1) is 0 Å². The zero-order valence-electron chi connectivity index (χ0n) is 20.2. The first-order chi connectivity index (χ1) is 17.2. The van der Waals surface area contributed by atoms with Crippen LogP contribution in [-0.4, -0.2) is 29.0 Å². The topological polar surface area (TPSA) is 103 Å². The lowest BCUT2D eigenvalue weighted by atomic mass is 9.80. The quantitative estimate of drug-likeness (QED) is 0.398. The second-order valence-electron chi connectivity index (χ2n) is 8.95. The van der Waals surface area contributed by atoms with Crippen LogP contribution in [0.15, 0.2) is 42.6 Å². The number of rotatable bonds is 7. The van der Waals surface area contributed by atoms with E-state index in [-0.39, 0.29) is 46.2 Å². The lowest BCUT2D eigenvalue weighted by molar-refractivity contribution is -0.118. The minimum Gasteiger partial charge on any atom is -0.476 e. The molecule has 10 heteroatoms. The summed E-state index contributed by atoms with van der Waals surface area (Å²) >= 11 is 6.28. The standard InChI is InChI=1S/C26H26ClFN6O2/c1-4-34-20-14-16(8-9-17(20)26(2,3)11-10-22(34)35)31-25-30-15-18(27)24(33-25)32-23-19(28)6-5-7-21(23)36-13-12-29/h5-9,14-15H,4,10-11,13H2,1-3H3,(H2,30,31,32,33). The number of hydrogen-bond donors (Lipinski definition) is 2. The Labute approximate surface area is 214 Å². The molecule has 2 N–H and O–H groups in total. The molecule has 4 rings (SSSR count). The van der Waals surface area contributed by atoms with E-state index in [1.807, 2.05) is 31.2 Å². The summed E-state index contributed by atoms with van der Waals surface area (Å²) in [4.78, 5) is 23.2. The highest BCUT2D eigenvalue weighted by Crippen LogP contribution is 2.41. The number of carbonyl (C=O) groups is 1. The predicted octanol–water partition coefficient (Wildman–Crippen LogP) is 6.08. The van der Waals surface area contributed by atoms with Crippen molar-refractivity contribution in [3.8, 4) is 11.8 Å². The second-order valence-corrected chi connectivity index (χ2v) is 9.36. The average Bonchev–Trinajstić information content (AvgIpc) is 2.94. The number of halogens is 2. The minimum atomic E-state index is -0.590. The zero-order valence-corrected chi connectivity index (χ0v) is 21.0. The van der Waals surface area contributed by atoms with E-state index >= 15 is 0 Å². The van der Waals surface area contributed by atoms with E-state index in [0.717, 1.165) is 17.7 Å². The fraction of sp³-hybridized carbons (Fsp3) is 0.308. The molecule has 1 aromatic heterocycles. The number of nitrogens with one attached hydrogen (secondary N) is 2. The monoisotopic (exact) mass is 508 g/mol. The Hall–Kier alpha value is -3.90. The first-order valence-corrected chi connectivity index (χ1v) is 11.9. The number of ether oxygens (including phenoxy) is 1. The first-order valence-electron chi connectivity index (χ1n) is 11.5. The number of para-hydroxylation sites is 1. The number of carbonyl (C=O) groups excluding carboxylic acids is 1. The van der Waals surface area contributed by atoms with Gasteiger partial charge in [-0.25, -0.2) is 9.37 Å². The SMILES string of the molecule is CCN1C(=O)CCC(C)(C)c2ccc(Nc3ncc(Cl)c(Nc4c(F)cccc4OCC#N)n3)cc21. The number of anilines is 5. The van der Waals surface area contributed by atoms with Crippen LogP contribution in [0.25, 0.3) is 0 Å². The predicted molar refractivity (Wildman–Crippen MR) is 138 cm³/mol. The van der Waals surface area contributed by atoms with E-state index in [1.54, 1.807) is 4.90 Å². The molecule has 0 unspecified atom stereocenters. The summed E-state index contributed by atoms with van der Waals surface area (Å²) in [5.41, 5.74) is 2.50. The van der Waals surface area contributed by atoms with Crippen molar-refractivity contribution in [3.63, 3.8) is 0 Å². The Kier molecular flexibility index (Phi) is 7.27. The number of nitrogens with zero attached hydrogens (tertiary/aromatic N) is 4. The fourth-order valence-electron chi connectivity index (χ4n) is 4.19. The van der Waals surface area contributed by atoms with Crippen molar-refractivity contribution in [2.24, 2.45) is 0 Å². The lowest BCUT2D eigenvalue weighted by Gasteiger charge is -2.27. The van der Waals surface area contributed by atoms with Gasteiger partial charge in [0.05, 0.1) is 6.20 Å². The van der Waals surface area contributed by atoms with E-state index in [9.17, 15) is 9.18 Å². The first kappa shape index (κ1) is 25.2. The highest BCUT2D eigenvalue weighted by molar-refractivity contribution is 6.33. The Morgan fingerprint density at radius 1 is 1.28 bits per heavy atom. The summed E-state index contributed by atoms with van der Waals surface area (Å²) in [6.07, 6.45) is 2.65. The van der Waals surface area contributed by atoms with Crippen LogP contribution in [0.3, 0.4) is 0 Å². The fourth-order valence-corrected chi connectivity index (χ4v) is 4.33. The molecule has 186 valence electrons. The van der Waals surface area contributed by atoms with Gasteiger partial charge in [-0.2, -0.15) is 10.2 Å². The summed E-state index contributed by atoms with van der Waals surface area (Å²) in [6, 6.07) is 12.0. The van der Waals surface area contributed by atoms with Crippen LogP contribution in [0.4, 0.5) is 33.2 Å². The van der Waals surface area contributed by atoms with Gasteiger partial charge in [-0.1, -0.05) is 37.6 Å². The molecule has 2 aromatic carbocycles. The molecule has 8 nitrogen and oxygen atoms in total. The average molecular weight is 509 g/mol. The summed E-state index contributed by atoms with van der Waals surface area (Å²) in [5.74, 6) is 0.0306. The zero-order chi connectivity index (χ0) is 25.9. The number of fused-ring (bicyclic) bond motifs is 1. The van der Waals surface area contributed by atoms with Gasteiger partial charge in [0, 0.05) is 24.3 Å². The lowest BCUT2D eigenvalue weighted by Crippen LogP contribution is -2.29. The van der Waals surface area contributed by atoms with Gasteiger partial charge in [0.2, 0.25) is 11.9 Å². The van der Waals surface area contributed by atoms with E-state index in [1.165, 1.54) is 24.4 Å². The van der Waals surface area contributed by atoms with Gasteiger partial charge < -0.3 is 20.3 Å². The van der Waals surface area contributed by atoms with Gasteiger partial charge in [0.15, 0.2) is 18.2 Å². The van der Waals surface area contributed by atoms with Crippen molar-refractivity contribution in [3.05, 3.63) is 59.0 Å². The van der Waals surface area contributed by atoms with Crippen LogP contribution >= 0.6 is 11.6 Å². The van der Waals surface area contributed by atoms with Crippen LogP contribution in [-0.2, 0) is 10.2 Å². The van der Waals surface area contributed by atoms with Gasteiger partial charge in [-0.05, 0) is 48.6 Å². The second kappa shape index (κ2) is 10.4. The van der Waals surface area contributed by atoms with Crippen molar-refractivity contribution >= 4 is 46.3 Å². The number of aromatic nitrogens is 2. The normalized spacial score (nSPS) is 14.4. The molecular weight excluding hydrogens is 483 g/mol. The van der Waals surface area contributed by atoms with Crippen LogP contribution in [0, 0.1) is 17.1 Å². The summed E-state index contributed by atoms with van der Waals surface area (Å²) in [6.45, 7) is 6.56. The smallest absolute Gasteiger partial charge is 0.229 e. The molecule has 1 amide bonds. The summed E-state index contributed by atoms with van der Waals surface area (Å²) < 4.78 is 19.9. The van der Waals surface area contributed by atoms with Crippen LogP contribution in [0.1, 0.15) is 39.2 Å². The molecule has 2 heterocycles. The number of hydrogen-bond acceptors (Lipinski definition) is 7. The maximum atomic E-state index is 14.5. The maximum Gasteiger partial charge on any atom is 0.229 e. The molecule has 0 atom stereocenters. The van der Waals surface area contributed by atoms with Crippen molar-refractivity contribution in [1.82, 2.24) is 9.97 Å². The molecule has 1 aliphatic heterocycles. The van der Waals surface area contributed by atoms with E-state index < -0.39 is 5.82 Å². The third-order valence-corrected chi connectivity index (χ3v) is 6.39. The van der Waals surface area contributed by atoms with Crippen molar-refractivity contribution in [2.75, 3.05) is 28.7 Å². The van der Waals surface area contributed by atoms with Gasteiger partial charge in [-0.3, -0.25) is 4.79 Å². The highest BCUT2D eigenvalue weighted by atomic mass is 35.5. The summed E-state index contributed by atoms with van der Waals surface area (Å²) in [7, 11) is 0. The van der Waals surface area contributed by atoms with E-state index in [4.69, 9.17) is 21.6 Å². The molecule has 0 bridgehead atoms. The number of benzene rings is 2. The molecule has 0 saturated carbocycles. The van der Waals surface area contributed by atoms with Crippen molar-refractivity contribution in [1.29, 1.82) is 5.26 Å². The molecule has 1 aliphatic rings. The molecule has 0 fully saturated rings. The molecule has 0 spiro atoms. The molecule has 0 saturated heterocycles. The Morgan fingerprint density at radius 2 is 2.08 bits per heavy atom. The van der Waals surface area contributed by atoms with Gasteiger partial charge in [0.1, 0.15) is 22.5 Å². The maximum absolute atomic E-state index is 14.5.